The predicted octanol–water partition coefficient (Wildman–Crippen LogP) is 0.295. The molecule has 0 radical (unpaired) electrons. The van der Waals surface area contributed by atoms with E-state index in [0.29, 0.717) is 17.6 Å². The van der Waals surface area contributed by atoms with E-state index in [1.165, 1.54) is 0 Å². The van der Waals surface area contributed by atoms with Crippen molar-refractivity contribution in [2.24, 2.45) is 0 Å². The molecule has 0 saturated carbocycles. The Hall–Kier alpha value is -2.41. The SMILES string of the molecule is CCc1ccc2[nH]c(=O)c(=O)[nH]c2c1CN(C)CC(=O)O. The maximum absolute atomic E-state index is 11.5. The summed E-state index contributed by atoms with van der Waals surface area (Å²) in [4.78, 5) is 40.4. The number of aromatic nitrogens is 2. The molecule has 1 aromatic carbocycles. The highest BCUT2D eigenvalue weighted by molar-refractivity contribution is 5.79. The summed E-state index contributed by atoms with van der Waals surface area (Å²) >= 11 is 0. The van der Waals surface area contributed by atoms with Gasteiger partial charge >= 0.3 is 17.1 Å². The third kappa shape index (κ3) is 3.19. The molecule has 0 unspecified atom stereocenters. The van der Waals surface area contributed by atoms with E-state index < -0.39 is 17.1 Å². The van der Waals surface area contributed by atoms with Gasteiger partial charge < -0.3 is 15.1 Å². The highest BCUT2D eigenvalue weighted by Crippen LogP contribution is 2.20. The molecule has 2 rings (SSSR count). The first-order valence-electron chi connectivity index (χ1n) is 6.59. The van der Waals surface area contributed by atoms with Crippen LogP contribution in [0.5, 0.6) is 0 Å². The third-order valence-electron chi connectivity index (χ3n) is 3.32. The van der Waals surface area contributed by atoms with Crippen molar-refractivity contribution in [3.05, 3.63) is 44.0 Å². The quantitative estimate of drug-likeness (QED) is 0.687. The summed E-state index contributed by atoms with van der Waals surface area (Å²) in [5.41, 5.74) is 1.51. The highest BCUT2D eigenvalue weighted by Gasteiger charge is 2.13. The molecule has 0 atom stereocenters. The molecule has 1 aromatic heterocycles. The monoisotopic (exact) mass is 291 g/mol. The van der Waals surface area contributed by atoms with Crippen LogP contribution in [0.4, 0.5) is 0 Å². The predicted molar refractivity (Wildman–Crippen MR) is 78.5 cm³/mol. The standard InChI is InChI=1S/C14H17N3O4/c1-3-8-4-5-10-12(16-14(21)13(20)15-10)9(8)6-17(2)7-11(18)19/h4-5H,3,6-7H2,1-2H3,(H,15,20)(H,16,21)(H,18,19). The smallest absolute Gasteiger partial charge is 0.317 e. The van der Waals surface area contributed by atoms with E-state index in [0.717, 1.165) is 17.5 Å². The number of aryl methyl sites for hydroxylation is 1. The number of likely N-dealkylation sites (N-methyl/N-ethyl adjacent to an activating group) is 1. The van der Waals surface area contributed by atoms with Crippen LogP contribution in [-0.2, 0) is 17.8 Å². The number of carbonyl (C=O) groups is 1. The number of H-pyrrole nitrogens is 2. The lowest BCUT2D eigenvalue weighted by atomic mass is 10.0. The van der Waals surface area contributed by atoms with Crippen molar-refractivity contribution in [1.29, 1.82) is 0 Å². The molecule has 1 heterocycles. The molecule has 0 fully saturated rings. The van der Waals surface area contributed by atoms with Crippen molar-refractivity contribution < 1.29 is 9.90 Å². The summed E-state index contributed by atoms with van der Waals surface area (Å²) < 4.78 is 0. The molecule has 7 nitrogen and oxygen atoms in total. The van der Waals surface area contributed by atoms with Gasteiger partial charge in [-0.15, -0.1) is 0 Å². The Bertz CT molecular complexity index is 791. The van der Waals surface area contributed by atoms with E-state index in [1.54, 1.807) is 18.0 Å². The van der Waals surface area contributed by atoms with Gasteiger partial charge in [0, 0.05) is 6.54 Å². The number of hydrogen-bond acceptors (Lipinski definition) is 4. The molecule has 2 aromatic rings. The molecule has 0 aliphatic heterocycles. The first-order chi connectivity index (χ1) is 9.92. The molecule has 21 heavy (non-hydrogen) atoms. The lowest BCUT2D eigenvalue weighted by Crippen LogP contribution is -2.30. The number of carboxylic acids is 1. The van der Waals surface area contributed by atoms with E-state index in [4.69, 9.17) is 5.11 Å². The van der Waals surface area contributed by atoms with E-state index in [1.807, 2.05) is 13.0 Å². The summed E-state index contributed by atoms with van der Waals surface area (Å²) in [5, 5.41) is 8.84. The van der Waals surface area contributed by atoms with Gasteiger partial charge in [0.1, 0.15) is 0 Å². The molecule has 3 N–H and O–H groups in total. The number of fused-ring (bicyclic) bond motifs is 1. The number of rotatable bonds is 5. The second-order valence-electron chi connectivity index (χ2n) is 4.95. The van der Waals surface area contributed by atoms with E-state index in [2.05, 4.69) is 9.97 Å². The van der Waals surface area contributed by atoms with Crippen LogP contribution in [0.3, 0.4) is 0 Å². The van der Waals surface area contributed by atoms with Crippen molar-refractivity contribution in [3.8, 4) is 0 Å². The third-order valence-corrected chi connectivity index (χ3v) is 3.32. The Labute approximate surface area is 120 Å². The molecule has 0 saturated heterocycles. The average molecular weight is 291 g/mol. The fourth-order valence-electron chi connectivity index (χ4n) is 2.36. The Balaban J connectivity index is 2.57. The molecule has 0 aliphatic carbocycles. The summed E-state index contributed by atoms with van der Waals surface area (Å²) in [7, 11) is 1.69. The van der Waals surface area contributed by atoms with Crippen LogP contribution in [0, 0.1) is 0 Å². The van der Waals surface area contributed by atoms with Gasteiger partial charge in [0.2, 0.25) is 0 Å². The second kappa shape index (κ2) is 5.92. The normalized spacial score (nSPS) is 11.2. The van der Waals surface area contributed by atoms with Gasteiger partial charge in [-0.2, -0.15) is 0 Å². The fraction of sp³-hybridized carbons (Fsp3) is 0.357. The minimum absolute atomic E-state index is 0.104. The van der Waals surface area contributed by atoms with Gasteiger partial charge in [-0.05, 0) is 30.7 Å². The summed E-state index contributed by atoms with van der Waals surface area (Å²) in [6, 6.07) is 3.62. The van der Waals surface area contributed by atoms with Crippen molar-refractivity contribution in [1.82, 2.24) is 14.9 Å². The number of nitrogens with zero attached hydrogens (tertiary/aromatic N) is 1. The van der Waals surface area contributed by atoms with Gasteiger partial charge in [-0.1, -0.05) is 13.0 Å². The van der Waals surface area contributed by atoms with Crippen molar-refractivity contribution in [3.63, 3.8) is 0 Å². The number of nitrogens with one attached hydrogen (secondary N) is 2. The molecular formula is C14H17N3O4. The summed E-state index contributed by atoms with van der Waals surface area (Å²) in [6.45, 7) is 2.24. The zero-order valence-electron chi connectivity index (χ0n) is 11.9. The van der Waals surface area contributed by atoms with Gasteiger partial charge in [-0.25, -0.2) is 0 Å². The lowest BCUT2D eigenvalue weighted by molar-refractivity contribution is -0.138. The first-order valence-corrected chi connectivity index (χ1v) is 6.59. The number of hydrogen-bond donors (Lipinski definition) is 3. The van der Waals surface area contributed by atoms with Gasteiger partial charge in [0.15, 0.2) is 0 Å². The number of aliphatic carboxylic acids is 1. The van der Waals surface area contributed by atoms with E-state index in [9.17, 15) is 14.4 Å². The maximum atomic E-state index is 11.5. The number of carboxylic acid groups (broad SMARTS) is 1. The minimum Gasteiger partial charge on any atom is -0.480 e. The largest absolute Gasteiger partial charge is 0.480 e. The molecule has 0 spiro atoms. The highest BCUT2D eigenvalue weighted by atomic mass is 16.4. The van der Waals surface area contributed by atoms with Crippen LogP contribution in [0.25, 0.3) is 11.0 Å². The van der Waals surface area contributed by atoms with Crippen LogP contribution >= 0.6 is 0 Å². The van der Waals surface area contributed by atoms with Gasteiger partial charge in [-0.3, -0.25) is 19.3 Å². The maximum Gasteiger partial charge on any atom is 0.317 e. The van der Waals surface area contributed by atoms with Crippen LogP contribution in [-0.4, -0.2) is 39.5 Å². The first kappa shape index (κ1) is 15.0. The average Bonchev–Trinajstić information content (AvgIpc) is 2.40. The molecule has 7 heteroatoms. The molecule has 0 bridgehead atoms. The Kier molecular flexibility index (Phi) is 4.23. The zero-order chi connectivity index (χ0) is 15.6. The summed E-state index contributed by atoms with van der Waals surface area (Å²) in [6.07, 6.45) is 0.743. The summed E-state index contributed by atoms with van der Waals surface area (Å²) in [5.74, 6) is -0.919. The van der Waals surface area contributed by atoms with E-state index >= 15 is 0 Å². The van der Waals surface area contributed by atoms with Crippen molar-refractivity contribution in [2.75, 3.05) is 13.6 Å². The molecular weight excluding hydrogens is 274 g/mol. The van der Waals surface area contributed by atoms with Gasteiger partial charge in [0.25, 0.3) is 0 Å². The molecule has 112 valence electrons. The van der Waals surface area contributed by atoms with Crippen LogP contribution < -0.4 is 11.1 Å². The van der Waals surface area contributed by atoms with Crippen molar-refractivity contribution in [2.45, 2.75) is 19.9 Å². The number of aromatic amines is 2. The molecule has 0 aliphatic rings. The van der Waals surface area contributed by atoms with Crippen LogP contribution in [0.2, 0.25) is 0 Å². The van der Waals surface area contributed by atoms with Crippen LogP contribution in [0.1, 0.15) is 18.1 Å². The Morgan fingerprint density at radius 1 is 1.24 bits per heavy atom. The number of benzene rings is 1. The lowest BCUT2D eigenvalue weighted by Gasteiger charge is -2.18. The fourth-order valence-corrected chi connectivity index (χ4v) is 2.36. The zero-order valence-corrected chi connectivity index (χ0v) is 11.9. The topological polar surface area (TPSA) is 106 Å². The Morgan fingerprint density at radius 3 is 2.52 bits per heavy atom. The second-order valence-corrected chi connectivity index (χ2v) is 4.95. The van der Waals surface area contributed by atoms with Crippen molar-refractivity contribution >= 4 is 17.0 Å². The van der Waals surface area contributed by atoms with Gasteiger partial charge in [0.05, 0.1) is 17.6 Å². The minimum atomic E-state index is -0.919. The molecule has 0 amide bonds. The Morgan fingerprint density at radius 2 is 1.90 bits per heavy atom. The van der Waals surface area contributed by atoms with Crippen LogP contribution in [0.15, 0.2) is 21.7 Å². The van der Waals surface area contributed by atoms with E-state index in [-0.39, 0.29) is 6.54 Å².